The lowest BCUT2D eigenvalue weighted by Crippen LogP contribution is -2.57. The molecule has 0 spiro atoms. The number of nitrogens with zero attached hydrogens (tertiary/aromatic N) is 1. The number of nitrogens with two attached hydrogens (primary N) is 1. The molecule has 27 heavy (non-hydrogen) atoms. The van der Waals surface area contributed by atoms with E-state index in [1.54, 1.807) is 23.2 Å². The van der Waals surface area contributed by atoms with E-state index in [0.29, 0.717) is 17.5 Å². The summed E-state index contributed by atoms with van der Waals surface area (Å²) < 4.78 is 20.1. The minimum atomic E-state index is -1.91. The summed E-state index contributed by atoms with van der Waals surface area (Å²) in [5.41, 5.74) is 6.97. The smallest absolute Gasteiger partial charge is 0.265 e. The summed E-state index contributed by atoms with van der Waals surface area (Å²) in [7, 11) is -1.91. The minimum Gasteiger partial charge on any atom is -0.417 e. The molecular weight excluding hydrogens is 429 g/mol. The fourth-order valence-corrected chi connectivity index (χ4v) is 4.08. The first-order valence-corrected chi connectivity index (χ1v) is 12.7. The molecule has 150 valence electrons. The van der Waals surface area contributed by atoms with Crippen LogP contribution < -0.4 is 11.1 Å². The van der Waals surface area contributed by atoms with E-state index >= 15 is 0 Å². The third-order valence-electron chi connectivity index (χ3n) is 5.37. The largest absolute Gasteiger partial charge is 0.417 e. The van der Waals surface area contributed by atoms with E-state index in [1.165, 1.54) is 12.1 Å². The van der Waals surface area contributed by atoms with Crippen LogP contribution in [0.2, 0.25) is 18.1 Å². The number of nitrogens with one attached hydrogen (secondary N) is 1. The van der Waals surface area contributed by atoms with Gasteiger partial charge in [-0.15, -0.1) is 0 Å². The number of rotatable bonds is 6. The van der Waals surface area contributed by atoms with Crippen molar-refractivity contribution in [1.82, 2.24) is 10.2 Å². The minimum absolute atomic E-state index is 0.100. The van der Waals surface area contributed by atoms with Crippen molar-refractivity contribution in [2.45, 2.75) is 57.7 Å². The van der Waals surface area contributed by atoms with Gasteiger partial charge in [-0.05, 0) is 58.2 Å². The molecular formula is C19H29BrFN3O2Si. The van der Waals surface area contributed by atoms with Crippen molar-refractivity contribution >= 4 is 30.2 Å². The summed E-state index contributed by atoms with van der Waals surface area (Å²) in [5, 5.41) is 3.07. The number of amides is 1. The molecule has 1 heterocycles. The van der Waals surface area contributed by atoms with Gasteiger partial charge >= 0.3 is 0 Å². The Labute approximate surface area is 170 Å². The Morgan fingerprint density at radius 3 is 2.48 bits per heavy atom. The normalized spacial score (nSPS) is 19.6. The van der Waals surface area contributed by atoms with Crippen LogP contribution in [-0.4, -0.2) is 32.0 Å². The van der Waals surface area contributed by atoms with Gasteiger partial charge in [0, 0.05) is 12.8 Å². The number of carbonyl (C=O) groups excluding carboxylic acids is 1. The molecule has 1 aliphatic heterocycles. The highest BCUT2D eigenvalue weighted by Gasteiger charge is 2.38. The van der Waals surface area contributed by atoms with E-state index < -0.39 is 14.6 Å². The van der Waals surface area contributed by atoms with Gasteiger partial charge in [-0.25, -0.2) is 4.39 Å². The van der Waals surface area contributed by atoms with Crippen LogP contribution >= 0.6 is 15.9 Å². The van der Waals surface area contributed by atoms with Crippen LogP contribution in [0.3, 0.4) is 0 Å². The zero-order valence-electron chi connectivity index (χ0n) is 16.6. The fourth-order valence-electron chi connectivity index (χ4n) is 2.68. The molecule has 5 nitrogen and oxygen atoms in total. The molecule has 0 aliphatic carbocycles. The van der Waals surface area contributed by atoms with Crippen molar-refractivity contribution in [3.8, 4) is 0 Å². The SMILES string of the molecule is CC(C)(C)[Si](C)(C)OCCC(c1ccc(F)cc1)N1C(=O)C(Br)=CNC1N. The van der Waals surface area contributed by atoms with E-state index in [1.807, 2.05) is 0 Å². The van der Waals surface area contributed by atoms with Gasteiger partial charge in [0.25, 0.3) is 5.91 Å². The molecule has 2 rings (SSSR count). The Bertz CT molecular complexity index is 704. The van der Waals surface area contributed by atoms with Crippen LogP contribution in [0.4, 0.5) is 4.39 Å². The highest BCUT2D eigenvalue weighted by Crippen LogP contribution is 2.37. The van der Waals surface area contributed by atoms with Gasteiger partial charge in [0.1, 0.15) is 5.82 Å². The Morgan fingerprint density at radius 1 is 1.33 bits per heavy atom. The predicted octanol–water partition coefficient (Wildman–Crippen LogP) is 4.19. The molecule has 0 aromatic heterocycles. The molecule has 0 bridgehead atoms. The van der Waals surface area contributed by atoms with E-state index in [0.717, 1.165) is 5.56 Å². The number of hydrogen-bond donors (Lipinski definition) is 2. The lowest BCUT2D eigenvalue weighted by Gasteiger charge is -2.40. The Hall–Kier alpha value is -1.22. The summed E-state index contributed by atoms with van der Waals surface area (Å²) in [6.45, 7) is 11.4. The van der Waals surface area contributed by atoms with Gasteiger partial charge in [0.2, 0.25) is 0 Å². The van der Waals surface area contributed by atoms with Crippen molar-refractivity contribution in [3.05, 3.63) is 46.3 Å². The molecule has 0 saturated heterocycles. The highest BCUT2D eigenvalue weighted by atomic mass is 79.9. The molecule has 3 N–H and O–H groups in total. The molecule has 1 aromatic carbocycles. The molecule has 1 aromatic rings. The van der Waals surface area contributed by atoms with E-state index in [9.17, 15) is 9.18 Å². The van der Waals surface area contributed by atoms with Crippen molar-refractivity contribution < 1.29 is 13.6 Å². The van der Waals surface area contributed by atoms with Gasteiger partial charge in [0.15, 0.2) is 14.6 Å². The molecule has 1 aliphatic rings. The molecule has 0 fully saturated rings. The van der Waals surface area contributed by atoms with Crippen LogP contribution in [-0.2, 0) is 9.22 Å². The Balaban J connectivity index is 2.25. The summed E-state index contributed by atoms with van der Waals surface area (Å²) in [4.78, 5) is 14.3. The zero-order chi connectivity index (χ0) is 20.4. The summed E-state index contributed by atoms with van der Waals surface area (Å²) >= 11 is 3.27. The average molecular weight is 458 g/mol. The molecule has 0 radical (unpaired) electrons. The maximum atomic E-state index is 13.4. The molecule has 8 heteroatoms. The molecule has 0 saturated carbocycles. The van der Waals surface area contributed by atoms with Gasteiger partial charge in [-0.2, -0.15) is 0 Å². The quantitative estimate of drug-likeness (QED) is 0.628. The van der Waals surface area contributed by atoms with Gasteiger partial charge in [-0.3, -0.25) is 15.4 Å². The van der Waals surface area contributed by atoms with Crippen LogP contribution in [0.5, 0.6) is 0 Å². The second-order valence-electron chi connectivity index (χ2n) is 8.28. The van der Waals surface area contributed by atoms with Crippen molar-refractivity contribution in [2.24, 2.45) is 5.73 Å². The Kier molecular flexibility index (Phi) is 6.89. The second kappa shape index (κ2) is 8.42. The summed E-state index contributed by atoms with van der Waals surface area (Å²) in [5.74, 6) is -0.522. The zero-order valence-corrected chi connectivity index (χ0v) is 19.1. The van der Waals surface area contributed by atoms with E-state index in [4.69, 9.17) is 10.2 Å². The van der Waals surface area contributed by atoms with Crippen LogP contribution in [0.25, 0.3) is 0 Å². The average Bonchev–Trinajstić information content (AvgIpc) is 2.57. The number of benzene rings is 1. The van der Waals surface area contributed by atoms with Crippen molar-refractivity contribution in [1.29, 1.82) is 0 Å². The molecule has 2 atom stereocenters. The number of hydrogen-bond acceptors (Lipinski definition) is 4. The topological polar surface area (TPSA) is 67.6 Å². The highest BCUT2D eigenvalue weighted by molar-refractivity contribution is 9.12. The van der Waals surface area contributed by atoms with Gasteiger partial charge in [-0.1, -0.05) is 32.9 Å². The lowest BCUT2D eigenvalue weighted by molar-refractivity contribution is -0.133. The van der Waals surface area contributed by atoms with Crippen molar-refractivity contribution in [3.63, 3.8) is 0 Å². The van der Waals surface area contributed by atoms with Crippen LogP contribution in [0.15, 0.2) is 34.9 Å². The first-order chi connectivity index (χ1) is 12.4. The first kappa shape index (κ1) is 22.1. The maximum Gasteiger partial charge on any atom is 0.265 e. The number of carbonyl (C=O) groups is 1. The summed E-state index contributed by atoms with van der Waals surface area (Å²) in [6.07, 6.45) is 1.46. The summed E-state index contributed by atoms with van der Waals surface area (Å²) in [6, 6.07) is 5.86. The molecule has 1 amide bonds. The van der Waals surface area contributed by atoms with Gasteiger partial charge < -0.3 is 9.74 Å². The third-order valence-corrected chi connectivity index (χ3v) is 10.5. The Morgan fingerprint density at radius 2 is 1.93 bits per heavy atom. The fraction of sp³-hybridized carbons (Fsp3) is 0.526. The second-order valence-corrected chi connectivity index (χ2v) is 13.9. The standard InChI is InChI=1S/C19H29BrFN3O2Si/c1-19(2,3)27(4,5)26-11-10-16(13-6-8-14(21)9-7-13)24-17(25)15(20)12-23-18(24)22/h6-9,12,16,18,23H,10-11,22H2,1-5H3. The maximum absolute atomic E-state index is 13.4. The third kappa shape index (κ3) is 5.19. The first-order valence-electron chi connectivity index (χ1n) is 9.03. The van der Waals surface area contributed by atoms with Crippen LogP contribution in [0, 0.1) is 5.82 Å². The van der Waals surface area contributed by atoms with E-state index in [2.05, 4.69) is 55.1 Å². The predicted molar refractivity (Wildman–Crippen MR) is 112 cm³/mol. The van der Waals surface area contributed by atoms with Crippen molar-refractivity contribution in [2.75, 3.05) is 6.61 Å². The lowest BCUT2D eigenvalue weighted by atomic mass is 10.0. The van der Waals surface area contributed by atoms with E-state index in [-0.39, 0.29) is 22.8 Å². The van der Waals surface area contributed by atoms with Crippen LogP contribution in [0.1, 0.15) is 38.8 Å². The van der Waals surface area contributed by atoms with Gasteiger partial charge in [0.05, 0.1) is 10.5 Å². The molecule has 2 unspecified atom stereocenters. The monoisotopic (exact) mass is 457 g/mol. The number of halogens is 2.